The first-order chi connectivity index (χ1) is 4.22. The van der Waals surface area contributed by atoms with Crippen molar-refractivity contribution in [2.45, 2.75) is 6.92 Å². The van der Waals surface area contributed by atoms with E-state index in [2.05, 4.69) is 19.1 Å². The quantitative estimate of drug-likeness (QED) is 0.385. The molecule has 0 fully saturated rings. The van der Waals surface area contributed by atoms with Crippen LogP contribution in [0.4, 0.5) is 0 Å². The molecule has 0 nitrogen and oxygen atoms in total. The van der Waals surface area contributed by atoms with Gasteiger partial charge in [0.2, 0.25) is 0 Å². The van der Waals surface area contributed by atoms with Crippen LogP contribution in [-0.2, 0) is 0 Å². The van der Waals surface area contributed by atoms with Crippen LogP contribution >= 0.6 is 0 Å². The molecule has 0 saturated carbocycles. The van der Waals surface area contributed by atoms with Crippen LogP contribution in [0.3, 0.4) is 0 Å². The molecule has 0 aliphatic rings. The lowest BCUT2D eigenvalue weighted by Crippen LogP contribution is -1.75. The molecule has 0 aromatic rings. The molecule has 0 aliphatic heterocycles. The lowest BCUT2D eigenvalue weighted by Gasteiger charge is -1.92. The van der Waals surface area contributed by atoms with Crippen molar-refractivity contribution in [3.63, 3.8) is 0 Å². The summed E-state index contributed by atoms with van der Waals surface area (Å²) >= 11 is 0. The van der Waals surface area contributed by atoms with E-state index in [9.17, 15) is 0 Å². The number of hydrogen-bond acceptors (Lipinski definition) is 0. The number of terminal acetylenes is 1. The largest absolute Gasteiger partial charge is 0.115 e. The molecular weight excluding hydrogens is 108 g/mol. The number of hydrogen-bond donors (Lipinski definition) is 0. The second-order valence-electron chi connectivity index (χ2n) is 1.71. The second kappa shape index (κ2) is 3.74. The third-order valence-corrected chi connectivity index (χ3v) is 1.02. The van der Waals surface area contributed by atoms with Gasteiger partial charge in [-0.15, -0.1) is 6.42 Å². The van der Waals surface area contributed by atoms with Gasteiger partial charge in [-0.2, -0.15) is 0 Å². The van der Waals surface area contributed by atoms with Crippen molar-refractivity contribution in [2.75, 3.05) is 0 Å². The molecule has 46 valence electrons. The van der Waals surface area contributed by atoms with Crippen LogP contribution in [-0.4, -0.2) is 0 Å². The van der Waals surface area contributed by atoms with Crippen LogP contribution in [0.15, 0.2) is 36.5 Å². The third kappa shape index (κ3) is 2.56. The zero-order valence-electron chi connectivity index (χ0n) is 5.65. The summed E-state index contributed by atoms with van der Waals surface area (Å²) in [6.45, 7) is 9.08. The van der Waals surface area contributed by atoms with Crippen molar-refractivity contribution in [1.82, 2.24) is 0 Å². The first kappa shape index (κ1) is 7.78. The van der Waals surface area contributed by atoms with Crippen molar-refractivity contribution in [1.29, 1.82) is 0 Å². The Morgan fingerprint density at radius 2 is 2.22 bits per heavy atom. The average Bonchev–Trinajstić information content (AvgIpc) is 1.87. The minimum absolute atomic E-state index is 0.718. The zero-order chi connectivity index (χ0) is 7.28. The summed E-state index contributed by atoms with van der Waals surface area (Å²) in [4.78, 5) is 0. The highest BCUT2D eigenvalue weighted by molar-refractivity contribution is 5.41. The first-order valence-electron chi connectivity index (χ1n) is 2.67. The van der Waals surface area contributed by atoms with Gasteiger partial charge in [-0.05, 0) is 12.5 Å². The minimum atomic E-state index is 0.718. The summed E-state index contributed by atoms with van der Waals surface area (Å²) in [5, 5.41) is 0. The molecule has 0 rings (SSSR count). The van der Waals surface area contributed by atoms with Gasteiger partial charge in [0.1, 0.15) is 0 Å². The summed E-state index contributed by atoms with van der Waals surface area (Å²) < 4.78 is 0. The van der Waals surface area contributed by atoms with E-state index in [1.54, 1.807) is 6.08 Å². The fraction of sp³-hybridized carbons (Fsp3) is 0.111. The molecule has 0 heterocycles. The Balaban J connectivity index is 4.24. The van der Waals surface area contributed by atoms with E-state index in [0.29, 0.717) is 0 Å². The van der Waals surface area contributed by atoms with Crippen molar-refractivity contribution < 1.29 is 0 Å². The van der Waals surface area contributed by atoms with E-state index >= 15 is 0 Å². The Morgan fingerprint density at radius 3 is 2.56 bits per heavy atom. The highest BCUT2D eigenvalue weighted by Crippen LogP contribution is 2.03. The maximum Gasteiger partial charge on any atom is 0.0199 e. The maximum absolute atomic E-state index is 5.08. The lowest BCUT2D eigenvalue weighted by atomic mass is 10.1. The second-order valence-corrected chi connectivity index (χ2v) is 1.71. The molecule has 0 amide bonds. The molecule has 0 aromatic heterocycles. The zero-order valence-corrected chi connectivity index (χ0v) is 5.65. The van der Waals surface area contributed by atoms with E-state index in [1.165, 1.54) is 0 Å². The molecule has 0 atom stereocenters. The van der Waals surface area contributed by atoms with Crippen LogP contribution in [0.25, 0.3) is 0 Å². The molecule has 0 bridgehead atoms. The Hall–Kier alpha value is -1.22. The highest BCUT2D eigenvalue weighted by atomic mass is 13.9. The lowest BCUT2D eigenvalue weighted by molar-refractivity contribution is 1.47. The first-order valence-corrected chi connectivity index (χ1v) is 2.67. The van der Waals surface area contributed by atoms with Gasteiger partial charge in [0, 0.05) is 5.57 Å². The van der Waals surface area contributed by atoms with Crippen LogP contribution in [0.2, 0.25) is 0 Å². The van der Waals surface area contributed by atoms with E-state index < -0.39 is 0 Å². The summed E-state index contributed by atoms with van der Waals surface area (Å²) in [6.07, 6.45) is 8.61. The molecule has 0 aromatic carbocycles. The van der Waals surface area contributed by atoms with Gasteiger partial charge in [0.15, 0.2) is 0 Å². The van der Waals surface area contributed by atoms with Crippen molar-refractivity contribution >= 4 is 0 Å². The topological polar surface area (TPSA) is 0 Å². The Morgan fingerprint density at radius 1 is 1.67 bits per heavy atom. The molecule has 0 heteroatoms. The molecular formula is C9H10. The van der Waals surface area contributed by atoms with Crippen LogP contribution in [0.5, 0.6) is 0 Å². The fourth-order valence-corrected chi connectivity index (χ4v) is 0.391. The standard InChI is InChI=1S/C9H10/c1-5-7-9(4)8(3)6-2/h2,5,7H,1,3H2,4H3/b9-7-. The number of allylic oxidation sites excluding steroid dienone is 4. The molecule has 0 N–H and O–H groups in total. The summed E-state index contributed by atoms with van der Waals surface area (Å²) in [7, 11) is 0. The smallest absolute Gasteiger partial charge is 0.0199 e. The van der Waals surface area contributed by atoms with Crippen LogP contribution in [0, 0.1) is 12.3 Å². The summed E-state index contributed by atoms with van der Waals surface area (Å²) in [5.74, 6) is 2.44. The van der Waals surface area contributed by atoms with E-state index in [4.69, 9.17) is 6.42 Å². The van der Waals surface area contributed by atoms with Gasteiger partial charge in [0.25, 0.3) is 0 Å². The summed E-state index contributed by atoms with van der Waals surface area (Å²) in [6, 6.07) is 0. The van der Waals surface area contributed by atoms with Gasteiger partial charge >= 0.3 is 0 Å². The van der Waals surface area contributed by atoms with Crippen molar-refractivity contribution in [3.05, 3.63) is 36.5 Å². The maximum atomic E-state index is 5.08. The Kier molecular flexibility index (Phi) is 3.23. The Bertz CT molecular complexity index is 187. The predicted octanol–water partition coefficient (Wildman–Crippen LogP) is 2.31. The fourth-order valence-electron chi connectivity index (χ4n) is 0.391. The van der Waals surface area contributed by atoms with E-state index in [0.717, 1.165) is 11.1 Å². The van der Waals surface area contributed by atoms with Gasteiger partial charge < -0.3 is 0 Å². The molecule has 0 radical (unpaired) electrons. The molecule has 0 aliphatic carbocycles. The molecule has 9 heavy (non-hydrogen) atoms. The average molecular weight is 118 g/mol. The SMILES string of the molecule is C#CC(=C)/C(C)=C\C=C. The predicted molar refractivity (Wildman–Crippen MR) is 41.9 cm³/mol. The Labute approximate surface area is 56.6 Å². The normalized spacial score (nSPS) is 10.0. The molecule has 0 spiro atoms. The van der Waals surface area contributed by atoms with Crippen molar-refractivity contribution in [3.8, 4) is 12.3 Å². The van der Waals surface area contributed by atoms with E-state index in [-0.39, 0.29) is 0 Å². The van der Waals surface area contributed by atoms with Gasteiger partial charge in [-0.1, -0.05) is 31.2 Å². The minimum Gasteiger partial charge on any atom is -0.115 e. The van der Waals surface area contributed by atoms with Gasteiger partial charge in [-0.3, -0.25) is 0 Å². The third-order valence-electron chi connectivity index (χ3n) is 1.02. The van der Waals surface area contributed by atoms with Crippen LogP contribution < -0.4 is 0 Å². The van der Waals surface area contributed by atoms with E-state index in [1.807, 2.05) is 13.0 Å². The van der Waals surface area contributed by atoms with Gasteiger partial charge in [0.05, 0.1) is 0 Å². The molecule has 0 unspecified atom stereocenters. The monoisotopic (exact) mass is 118 g/mol. The van der Waals surface area contributed by atoms with Crippen LogP contribution in [0.1, 0.15) is 6.92 Å². The summed E-state index contributed by atoms with van der Waals surface area (Å²) in [5.41, 5.74) is 1.71. The highest BCUT2D eigenvalue weighted by Gasteiger charge is 1.86. The van der Waals surface area contributed by atoms with Gasteiger partial charge in [-0.25, -0.2) is 0 Å². The molecule has 0 saturated heterocycles. The number of rotatable bonds is 2. The van der Waals surface area contributed by atoms with Crippen molar-refractivity contribution in [2.24, 2.45) is 0 Å².